The van der Waals surface area contributed by atoms with E-state index in [1.165, 1.54) is 22.5 Å². The summed E-state index contributed by atoms with van der Waals surface area (Å²) in [5.41, 5.74) is 7.60. The molecular formula is C28H27N3. The minimum Gasteiger partial charge on any atom is -0.344 e. The molecule has 2 aliphatic rings. The SMILES string of the molecule is CN1c2ccccc2CCc2cc(C=NN(c3ccccc3)C3C=CC=CC3)ccc21. The zero-order valence-corrected chi connectivity index (χ0v) is 17.9. The molecule has 0 amide bonds. The maximum Gasteiger partial charge on any atom is 0.0743 e. The zero-order valence-electron chi connectivity index (χ0n) is 17.9. The Labute approximate surface area is 184 Å². The van der Waals surface area contributed by atoms with Crippen LogP contribution in [-0.2, 0) is 12.8 Å². The van der Waals surface area contributed by atoms with Crippen LogP contribution in [0.4, 0.5) is 17.1 Å². The van der Waals surface area contributed by atoms with Crippen LogP contribution in [-0.4, -0.2) is 19.3 Å². The van der Waals surface area contributed by atoms with Gasteiger partial charge in [0.25, 0.3) is 0 Å². The van der Waals surface area contributed by atoms with Gasteiger partial charge < -0.3 is 4.90 Å². The standard InChI is InChI=1S/C28H27N3/c1-30-27-15-9-8-10-23(27)17-18-24-20-22(16-19-28(24)30)21-29-31(25-11-4-2-5-12-25)26-13-6-3-7-14-26/h2-13,15-16,19-21,26H,14,17-18H2,1H3. The molecule has 1 aliphatic carbocycles. The van der Waals surface area contributed by atoms with Crippen molar-refractivity contribution >= 4 is 23.3 Å². The summed E-state index contributed by atoms with van der Waals surface area (Å²) in [6.45, 7) is 0. The fraction of sp³-hybridized carbons (Fsp3) is 0.179. The molecule has 0 radical (unpaired) electrons. The number of anilines is 3. The third-order valence-corrected chi connectivity index (χ3v) is 6.11. The summed E-state index contributed by atoms with van der Waals surface area (Å²) in [5.74, 6) is 0. The Morgan fingerprint density at radius 2 is 1.65 bits per heavy atom. The Hall–Kier alpha value is -3.59. The number of para-hydroxylation sites is 2. The number of fused-ring (bicyclic) bond motifs is 2. The van der Waals surface area contributed by atoms with E-state index in [1.807, 2.05) is 12.3 Å². The van der Waals surface area contributed by atoms with Gasteiger partial charge in [-0.25, -0.2) is 0 Å². The van der Waals surface area contributed by atoms with Crippen LogP contribution in [0.1, 0.15) is 23.1 Å². The van der Waals surface area contributed by atoms with Crippen molar-refractivity contribution in [1.29, 1.82) is 0 Å². The molecule has 0 spiro atoms. The molecule has 3 aromatic carbocycles. The lowest BCUT2D eigenvalue weighted by Crippen LogP contribution is -2.29. The average Bonchev–Trinajstić information content (AvgIpc) is 2.97. The average molecular weight is 406 g/mol. The Bertz CT molecular complexity index is 1140. The quantitative estimate of drug-likeness (QED) is 0.376. The monoisotopic (exact) mass is 405 g/mol. The minimum absolute atomic E-state index is 0.227. The molecule has 5 rings (SSSR count). The second-order valence-electron chi connectivity index (χ2n) is 8.12. The van der Waals surface area contributed by atoms with Crippen LogP contribution in [0.25, 0.3) is 0 Å². The molecule has 0 saturated heterocycles. The topological polar surface area (TPSA) is 18.8 Å². The van der Waals surface area contributed by atoms with Crippen LogP contribution in [0.5, 0.6) is 0 Å². The van der Waals surface area contributed by atoms with E-state index in [0.29, 0.717) is 0 Å². The van der Waals surface area contributed by atoms with E-state index in [0.717, 1.165) is 30.5 Å². The van der Waals surface area contributed by atoms with Crippen molar-refractivity contribution < 1.29 is 0 Å². The maximum atomic E-state index is 4.93. The van der Waals surface area contributed by atoms with Gasteiger partial charge in [0.05, 0.1) is 17.9 Å². The summed E-state index contributed by atoms with van der Waals surface area (Å²) >= 11 is 0. The van der Waals surface area contributed by atoms with Gasteiger partial charge in [0.15, 0.2) is 0 Å². The molecular weight excluding hydrogens is 378 g/mol. The van der Waals surface area contributed by atoms with Crippen molar-refractivity contribution in [3.63, 3.8) is 0 Å². The van der Waals surface area contributed by atoms with E-state index in [-0.39, 0.29) is 6.04 Å². The lowest BCUT2D eigenvalue weighted by Gasteiger charge is -2.27. The molecule has 3 aromatic rings. The zero-order chi connectivity index (χ0) is 21.0. The predicted octanol–water partition coefficient (Wildman–Crippen LogP) is 6.28. The highest BCUT2D eigenvalue weighted by Crippen LogP contribution is 2.35. The van der Waals surface area contributed by atoms with Gasteiger partial charge in [0, 0.05) is 18.4 Å². The fourth-order valence-electron chi connectivity index (χ4n) is 4.46. The number of hydrazone groups is 1. The molecule has 1 unspecified atom stereocenters. The summed E-state index contributed by atoms with van der Waals surface area (Å²) in [4.78, 5) is 2.31. The van der Waals surface area contributed by atoms with E-state index >= 15 is 0 Å². The summed E-state index contributed by atoms with van der Waals surface area (Å²) in [6, 6.07) is 26.0. The molecule has 31 heavy (non-hydrogen) atoms. The normalized spacial score (nSPS) is 17.3. The summed E-state index contributed by atoms with van der Waals surface area (Å²) in [5, 5.41) is 7.05. The first-order valence-electron chi connectivity index (χ1n) is 11.0. The van der Waals surface area contributed by atoms with Crippen LogP contribution in [0.15, 0.2) is 102 Å². The third kappa shape index (κ3) is 4.04. The van der Waals surface area contributed by atoms with E-state index in [4.69, 9.17) is 5.10 Å². The first kappa shape index (κ1) is 19.4. The molecule has 0 aromatic heterocycles. The lowest BCUT2D eigenvalue weighted by atomic mass is 10.0. The summed E-state index contributed by atoms with van der Waals surface area (Å²) in [6.07, 6.45) is 13.7. The molecule has 0 N–H and O–H groups in total. The predicted molar refractivity (Wildman–Crippen MR) is 132 cm³/mol. The van der Waals surface area contributed by atoms with Crippen molar-refractivity contribution in [1.82, 2.24) is 0 Å². The van der Waals surface area contributed by atoms with Gasteiger partial charge in [-0.15, -0.1) is 0 Å². The van der Waals surface area contributed by atoms with Crippen LogP contribution in [0.2, 0.25) is 0 Å². The van der Waals surface area contributed by atoms with Crippen molar-refractivity contribution in [2.45, 2.75) is 25.3 Å². The molecule has 3 heteroatoms. The van der Waals surface area contributed by atoms with Crippen molar-refractivity contribution in [3.8, 4) is 0 Å². The first-order valence-corrected chi connectivity index (χ1v) is 11.0. The highest BCUT2D eigenvalue weighted by molar-refractivity contribution is 5.83. The Morgan fingerprint density at radius 3 is 2.48 bits per heavy atom. The molecule has 0 bridgehead atoms. The molecule has 0 fully saturated rings. The number of allylic oxidation sites excluding steroid dienone is 2. The number of aryl methyl sites for hydroxylation is 2. The number of benzene rings is 3. The van der Waals surface area contributed by atoms with E-state index in [1.54, 1.807) is 0 Å². The van der Waals surface area contributed by atoms with Crippen LogP contribution in [0, 0.1) is 0 Å². The van der Waals surface area contributed by atoms with Gasteiger partial charge in [-0.1, -0.05) is 66.8 Å². The van der Waals surface area contributed by atoms with E-state index in [2.05, 4.69) is 108 Å². The number of hydrogen-bond donors (Lipinski definition) is 0. The fourth-order valence-corrected chi connectivity index (χ4v) is 4.46. The first-order chi connectivity index (χ1) is 15.3. The van der Waals surface area contributed by atoms with E-state index < -0.39 is 0 Å². The smallest absolute Gasteiger partial charge is 0.0743 e. The van der Waals surface area contributed by atoms with Gasteiger partial charge in [-0.05, 0) is 66.3 Å². The van der Waals surface area contributed by atoms with Crippen molar-refractivity contribution in [3.05, 3.63) is 114 Å². The number of nitrogens with zero attached hydrogens (tertiary/aromatic N) is 3. The van der Waals surface area contributed by atoms with Crippen LogP contribution >= 0.6 is 0 Å². The molecule has 1 heterocycles. The number of rotatable bonds is 4. The molecule has 1 atom stereocenters. The largest absolute Gasteiger partial charge is 0.344 e. The van der Waals surface area contributed by atoms with Gasteiger partial charge in [0.2, 0.25) is 0 Å². The van der Waals surface area contributed by atoms with E-state index in [9.17, 15) is 0 Å². The summed E-state index contributed by atoms with van der Waals surface area (Å²) < 4.78 is 0. The minimum atomic E-state index is 0.227. The molecule has 0 saturated carbocycles. The van der Waals surface area contributed by atoms with Crippen LogP contribution < -0.4 is 9.91 Å². The van der Waals surface area contributed by atoms with Crippen LogP contribution in [0.3, 0.4) is 0 Å². The Morgan fingerprint density at radius 1 is 0.871 bits per heavy atom. The highest BCUT2D eigenvalue weighted by Gasteiger charge is 2.18. The van der Waals surface area contributed by atoms with Crippen molar-refractivity contribution in [2.24, 2.45) is 5.10 Å². The maximum absolute atomic E-state index is 4.93. The second kappa shape index (κ2) is 8.65. The highest BCUT2D eigenvalue weighted by atomic mass is 15.5. The van der Waals surface area contributed by atoms with Gasteiger partial charge in [-0.3, -0.25) is 5.01 Å². The molecule has 3 nitrogen and oxygen atoms in total. The Kier molecular flexibility index (Phi) is 5.40. The van der Waals surface area contributed by atoms with Crippen molar-refractivity contribution in [2.75, 3.05) is 17.0 Å². The second-order valence-corrected chi connectivity index (χ2v) is 8.12. The third-order valence-electron chi connectivity index (χ3n) is 6.11. The van der Waals surface area contributed by atoms with Gasteiger partial charge in [0.1, 0.15) is 0 Å². The molecule has 154 valence electrons. The Balaban J connectivity index is 1.44. The number of hydrogen-bond acceptors (Lipinski definition) is 3. The van der Waals surface area contributed by atoms with Gasteiger partial charge in [-0.2, -0.15) is 5.10 Å². The lowest BCUT2D eigenvalue weighted by molar-refractivity contribution is 0.717. The molecule has 1 aliphatic heterocycles. The van der Waals surface area contributed by atoms with Gasteiger partial charge >= 0.3 is 0 Å². The summed E-state index contributed by atoms with van der Waals surface area (Å²) in [7, 11) is 2.16.